The molecule has 102 valence electrons. The number of halogens is 2. The zero-order chi connectivity index (χ0) is 13.9. The van der Waals surface area contributed by atoms with Crippen LogP contribution in [0, 0.1) is 0 Å². The van der Waals surface area contributed by atoms with Crippen LogP contribution in [0.15, 0.2) is 24.3 Å². The van der Waals surface area contributed by atoms with E-state index < -0.39 is 6.05 Å². The predicted molar refractivity (Wildman–Crippen MR) is 69.0 cm³/mol. The van der Waals surface area contributed by atoms with Gasteiger partial charge in [-0.2, -0.15) is 8.78 Å². The van der Waals surface area contributed by atoms with Crippen molar-refractivity contribution < 1.29 is 13.5 Å². The first-order valence-electron chi connectivity index (χ1n) is 6.12. The normalized spacial score (nSPS) is 12.6. The topological polar surface area (TPSA) is 12.5 Å². The maximum absolute atomic E-state index is 14.6. The van der Waals surface area contributed by atoms with E-state index in [2.05, 4.69) is 0 Å². The van der Waals surface area contributed by atoms with Gasteiger partial charge >= 0.3 is 6.05 Å². The molecule has 0 saturated heterocycles. The molecule has 0 heterocycles. The number of benzene rings is 1. The Labute approximate surface area is 108 Å². The summed E-state index contributed by atoms with van der Waals surface area (Å²) < 4.78 is 34.3. The van der Waals surface area contributed by atoms with Crippen molar-refractivity contribution in [1.29, 1.82) is 0 Å². The molecule has 18 heavy (non-hydrogen) atoms. The van der Waals surface area contributed by atoms with Crippen LogP contribution in [0.1, 0.15) is 33.3 Å². The highest BCUT2D eigenvalue weighted by molar-refractivity contribution is 5.36. The van der Waals surface area contributed by atoms with Crippen molar-refractivity contribution in [2.75, 3.05) is 7.11 Å². The third-order valence-corrected chi connectivity index (χ3v) is 2.87. The van der Waals surface area contributed by atoms with Crippen molar-refractivity contribution in [3.05, 3.63) is 29.8 Å². The van der Waals surface area contributed by atoms with E-state index in [1.807, 2.05) is 0 Å². The molecular formula is C14H21F2NO. The maximum atomic E-state index is 14.6. The van der Waals surface area contributed by atoms with E-state index in [0.717, 1.165) is 0 Å². The number of rotatable bonds is 5. The van der Waals surface area contributed by atoms with E-state index in [4.69, 9.17) is 4.74 Å². The van der Waals surface area contributed by atoms with Crippen molar-refractivity contribution >= 4 is 0 Å². The standard InChI is InChI=1S/C14H21F2NO/c1-10(2)17(11(3)4)14(15,16)12-8-6-7-9-13(12)18-5/h6-11H,1-5H3. The van der Waals surface area contributed by atoms with Crippen LogP contribution in [0.25, 0.3) is 0 Å². The highest BCUT2D eigenvalue weighted by Gasteiger charge is 2.44. The van der Waals surface area contributed by atoms with Crippen molar-refractivity contribution in [2.24, 2.45) is 0 Å². The first-order chi connectivity index (χ1) is 8.32. The average Bonchev–Trinajstić information content (AvgIpc) is 2.27. The number of hydrogen-bond acceptors (Lipinski definition) is 2. The summed E-state index contributed by atoms with van der Waals surface area (Å²) in [7, 11) is 1.41. The zero-order valence-electron chi connectivity index (χ0n) is 11.6. The van der Waals surface area contributed by atoms with Gasteiger partial charge in [0.2, 0.25) is 0 Å². The van der Waals surface area contributed by atoms with Crippen molar-refractivity contribution in [3.8, 4) is 5.75 Å². The molecule has 1 aromatic carbocycles. The van der Waals surface area contributed by atoms with E-state index in [9.17, 15) is 8.78 Å². The summed E-state index contributed by atoms with van der Waals surface area (Å²) in [6, 6.07) is 2.70. The second-order valence-corrected chi connectivity index (χ2v) is 4.84. The molecule has 0 unspecified atom stereocenters. The third-order valence-electron chi connectivity index (χ3n) is 2.87. The Morgan fingerprint density at radius 1 is 1.06 bits per heavy atom. The van der Waals surface area contributed by atoms with Crippen LogP contribution < -0.4 is 4.74 Å². The quantitative estimate of drug-likeness (QED) is 0.743. The smallest absolute Gasteiger partial charge is 0.335 e. The predicted octanol–water partition coefficient (Wildman–Crippen LogP) is 3.86. The largest absolute Gasteiger partial charge is 0.496 e. The Hall–Kier alpha value is -1.16. The summed E-state index contributed by atoms with van der Waals surface area (Å²) in [6.45, 7) is 7.07. The molecule has 0 spiro atoms. The molecule has 0 bridgehead atoms. The van der Waals surface area contributed by atoms with Crippen LogP contribution in [0.5, 0.6) is 5.75 Å². The fourth-order valence-electron chi connectivity index (χ4n) is 2.28. The molecule has 2 nitrogen and oxygen atoms in total. The second-order valence-electron chi connectivity index (χ2n) is 4.84. The minimum Gasteiger partial charge on any atom is -0.496 e. The molecule has 4 heteroatoms. The Balaban J connectivity index is 3.25. The summed E-state index contributed by atoms with van der Waals surface area (Å²) in [5, 5.41) is 0. The first-order valence-corrected chi connectivity index (χ1v) is 6.12. The molecule has 1 rings (SSSR count). The molecule has 0 amide bonds. The number of ether oxygens (including phenoxy) is 1. The highest BCUT2D eigenvalue weighted by atomic mass is 19.3. The van der Waals surface area contributed by atoms with Crippen LogP contribution in [-0.2, 0) is 6.05 Å². The van der Waals surface area contributed by atoms with Gasteiger partial charge in [-0.25, -0.2) is 4.90 Å². The monoisotopic (exact) mass is 257 g/mol. The van der Waals surface area contributed by atoms with Gasteiger partial charge in [0.25, 0.3) is 0 Å². The molecule has 0 N–H and O–H groups in total. The average molecular weight is 257 g/mol. The van der Waals surface area contributed by atoms with Crippen LogP contribution in [0.4, 0.5) is 8.78 Å². The van der Waals surface area contributed by atoms with E-state index in [1.165, 1.54) is 18.1 Å². The summed E-state index contributed by atoms with van der Waals surface area (Å²) in [6.07, 6.45) is 0. The lowest BCUT2D eigenvalue weighted by atomic mass is 10.1. The number of methoxy groups -OCH3 is 1. The van der Waals surface area contributed by atoms with Gasteiger partial charge in [-0.1, -0.05) is 12.1 Å². The molecular weight excluding hydrogens is 236 g/mol. The molecule has 0 fully saturated rings. The molecule has 1 aromatic rings. The van der Waals surface area contributed by atoms with Gasteiger partial charge in [0.05, 0.1) is 12.7 Å². The van der Waals surface area contributed by atoms with E-state index in [0.29, 0.717) is 0 Å². The van der Waals surface area contributed by atoms with Gasteiger partial charge in [-0.05, 0) is 39.8 Å². The Morgan fingerprint density at radius 3 is 2.00 bits per heavy atom. The molecule has 0 atom stereocenters. The number of hydrogen-bond donors (Lipinski definition) is 0. The summed E-state index contributed by atoms with van der Waals surface area (Å²) >= 11 is 0. The van der Waals surface area contributed by atoms with Crippen LogP contribution in [-0.4, -0.2) is 24.1 Å². The summed E-state index contributed by atoms with van der Waals surface area (Å²) in [5.41, 5.74) is -0.0881. The lowest BCUT2D eigenvalue weighted by Gasteiger charge is -2.38. The van der Waals surface area contributed by atoms with E-state index in [1.54, 1.807) is 45.9 Å². The fourth-order valence-corrected chi connectivity index (χ4v) is 2.28. The van der Waals surface area contributed by atoms with Gasteiger partial charge < -0.3 is 4.74 Å². The molecule has 0 aliphatic rings. The minimum atomic E-state index is -3.05. The molecule has 0 aliphatic carbocycles. The first kappa shape index (κ1) is 14.9. The Morgan fingerprint density at radius 2 is 1.56 bits per heavy atom. The molecule has 0 aliphatic heterocycles. The second kappa shape index (κ2) is 5.65. The van der Waals surface area contributed by atoms with Crippen LogP contribution >= 0.6 is 0 Å². The highest BCUT2D eigenvalue weighted by Crippen LogP contribution is 2.40. The SMILES string of the molecule is COc1ccccc1C(F)(F)N(C(C)C)C(C)C. The van der Waals surface area contributed by atoms with Crippen molar-refractivity contribution in [2.45, 2.75) is 45.8 Å². The number of alkyl halides is 2. The Kier molecular flexibility index (Phi) is 4.68. The van der Waals surface area contributed by atoms with Gasteiger partial charge in [0.15, 0.2) is 0 Å². The van der Waals surface area contributed by atoms with Gasteiger partial charge in [-0.3, -0.25) is 0 Å². The summed E-state index contributed by atoms with van der Waals surface area (Å²) in [4.78, 5) is 1.19. The third kappa shape index (κ3) is 2.80. The molecule has 0 saturated carbocycles. The van der Waals surface area contributed by atoms with E-state index in [-0.39, 0.29) is 23.4 Å². The van der Waals surface area contributed by atoms with Crippen molar-refractivity contribution in [1.82, 2.24) is 4.90 Å². The van der Waals surface area contributed by atoms with Gasteiger partial charge in [-0.15, -0.1) is 0 Å². The zero-order valence-corrected chi connectivity index (χ0v) is 11.6. The molecule has 0 aromatic heterocycles. The molecule has 0 radical (unpaired) electrons. The fraction of sp³-hybridized carbons (Fsp3) is 0.571. The summed E-state index contributed by atoms with van der Waals surface area (Å²) in [5.74, 6) is 0.216. The van der Waals surface area contributed by atoms with Crippen LogP contribution in [0.3, 0.4) is 0 Å². The number of para-hydroxylation sites is 1. The van der Waals surface area contributed by atoms with Crippen LogP contribution in [0.2, 0.25) is 0 Å². The number of nitrogens with zero attached hydrogens (tertiary/aromatic N) is 1. The minimum absolute atomic E-state index is 0.0881. The lowest BCUT2D eigenvalue weighted by Crippen LogP contribution is -2.48. The van der Waals surface area contributed by atoms with Crippen molar-refractivity contribution in [3.63, 3.8) is 0 Å². The lowest BCUT2D eigenvalue weighted by molar-refractivity contribution is -0.183. The maximum Gasteiger partial charge on any atom is 0.335 e. The van der Waals surface area contributed by atoms with E-state index >= 15 is 0 Å². The van der Waals surface area contributed by atoms with Gasteiger partial charge in [0, 0.05) is 12.1 Å². The van der Waals surface area contributed by atoms with Gasteiger partial charge in [0.1, 0.15) is 5.75 Å². The Bertz CT molecular complexity index is 383.